The quantitative estimate of drug-likeness (QED) is 0.0451. The van der Waals surface area contributed by atoms with E-state index in [1.807, 2.05) is 0 Å². The predicted octanol–water partition coefficient (Wildman–Crippen LogP) is 13.4. The minimum atomic E-state index is -0.359. The summed E-state index contributed by atoms with van der Waals surface area (Å²) in [4.78, 5) is 0. The van der Waals surface area contributed by atoms with Gasteiger partial charge in [-0.1, -0.05) is 141 Å². The van der Waals surface area contributed by atoms with Crippen molar-refractivity contribution in [1.82, 2.24) is 0 Å². The van der Waals surface area contributed by atoms with Crippen LogP contribution in [0.5, 0.6) is 0 Å². The molecule has 1 aliphatic rings. The smallest absolute Gasteiger partial charge is 0.168 e. The van der Waals surface area contributed by atoms with Crippen LogP contribution in [0.3, 0.4) is 0 Å². The second-order valence-corrected chi connectivity index (χ2v) is 13.1. The van der Waals surface area contributed by atoms with Crippen LogP contribution < -0.4 is 0 Å². The van der Waals surface area contributed by atoms with Gasteiger partial charge in [-0.25, -0.2) is 0 Å². The van der Waals surface area contributed by atoms with Crippen LogP contribution in [0.2, 0.25) is 0 Å². The molecule has 41 heavy (non-hydrogen) atoms. The van der Waals surface area contributed by atoms with Crippen LogP contribution >= 0.6 is 11.6 Å². The summed E-state index contributed by atoms with van der Waals surface area (Å²) in [5.74, 6) is 0.185. The standard InChI is InChI=1S/C38H71ClO2/c1-3-5-7-9-11-13-15-17-19-21-23-25-27-29-31-33-38(40-36-37(35-39)41-38)34-32-30-28-26-24-22-20-18-16-14-12-10-8-6-4-2/h15-18,37H,3-14,19-36H2,1-2H3/b17-15-,18-16-/t37-/m1/s1. The number of unbranched alkanes of at least 4 members (excludes halogenated alkanes) is 22. The van der Waals surface area contributed by atoms with E-state index in [2.05, 4.69) is 38.2 Å². The van der Waals surface area contributed by atoms with Gasteiger partial charge < -0.3 is 9.47 Å². The molecule has 0 amide bonds. The first-order valence-corrected chi connectivity index (χ1v) is 19.0. The van der Waals surface area contributed by atoms with Gasteiger partial charge in [-0.3, -0.25) is 0 Å². The molecule has 1 saturated heterocycles. The van der Waals surface area contributed by atoms with E-state index in [0.29, 0.717) is 12.5 Å². The number of ether oxygens (including phenoxy) is 2. The summed E-state index contributed by atoms with van der Waals surface area (Å²) in [6.45, 7) is 5.24. The number of alkyl halides is 1. The first-order valence-electron chi connectivity index (χ1n) is 18.4. The normalized spacial score (nSPS) is 17.0. The van der Waals surface area contributed by atoms with Gasteiger partial charge in [-0.2, -0.15) is 0 Å². The van der Waals surface area contributed by atoms with E-state index in [0.717, 1.165) is 12.8 Å². The lowest BCUT2D eigenvalue weighted by Gasteiger charge is -2.28. The van der Waals surface area contributed by atoms with Crippen molar-refractivity contribution in [2.24, 2.45) is 0 Å². The van der Waals surface area contributed by atoms with E-state index in [-0.39, 0.29) is 11.9 Å². The molecule has 1 rings (SSSR count). The Kier molecular flexibility index (Phi) is 28.1. The highest BCUT2D eigenvalue weighted by Crippen LogP contribution is 2.35. The molecule has 1 heterocycles. The molecule has 0 N–H and O–H groups in total. The third kappa shape index (κ3) is 23.8. The van der Waals surface area contributed by atoms with Crippen molar-refractivity contribution >= 4 is 11.6 Å². The van der Waals surface area contributed by atoms with E-state index in [4.69, 9.17) is 21.1 Å². The van der Waals surface area contributed by atoms with Gasteiger partial charge in [-0.15, -0.1) is 11.6 Å². The highest BCUT2D eigenvalue weighted by molar-refractivity contribution is 6.18. The molecule has 0 radical (unpaired) electrons. The Hall–Kier alpha value is -0.310. The molecule has 0 aromatic rings. The number of hydrogen-bond acceptors (Lipinski definition) is 2. The largest absolute Gasteiger partial charge is 0.347 e. The molecule has 0 unspecified atom stereocenters. The van der Waals surface area contributed by atoms with Crippen LogP contribution in [-0.4, -0.2) is 24.4 Å². The molecule has 0 saturated carbocycles. The van der Waals surface area contributed by atoms with Crippen LogP contribution in [0.15, 0.2) is 24.3 Å². The molecule has 0 aliphatic carbocycles. The minimum absolute atomic E-state index is 0.0745. The summed E-state index contributed by atoms with van der Waals surface area (Å²) in [6.07, 6.45) is 46.5. The lowest BCUT2D eigenvalue weighted by molar-refractivity contribution is -0.177. The third-order valence-corrected chi connectivity index (χ3v) is 9.07. The molecule has 1 atom stereocenters. The Morgan fingerprint density at radius 1 is 0.512 bits per heavy atom. The Bertz CT molecular complexity index is 547. The molecule has 0 aromatic carbocycles. The van der Waals surface area contributed by atoms with Crippen molar-refractivity contribution in [2.45, 2.75) is 206 Å². The Morgan fingerprint density at radius 3 is 1.20 bits per heavy atom. The van der Waals surface area contributed by atoms with Crippen molar-refractivity contribution < 1.29 is 9.47 Å². The van der Waals surface area contributed by atoms with Gasteiger partial charge >= 0.3 is 0 Å². The van der Waals surface area contributed by atoms with Crippen LogP contribution in [0, 0.1) is 0 Å². The van der Waals surface area contributed by atoms with Gasteiger partial charge in [0.1, 0.15) is 0 Å². The molecule has 242 valence electrons. The molecule has 0 bridgehead atoms. The third-order valence-electron chi connectivity index (χ3n) is 8.72. The maximum atomic E-state index is 6.37. The number of halogens is 1. The molecule has 3 heteroatoms. The predicted molar refractivity (Wildman–Crippen MR) is 183 cm³/mol. The van der Waals surface area contributed by atoms with E-state index >= 15 is 0 Å². The molecule has 0 spiro atoms. The van der Waals surface area contributed by atoms with Gasteiger partial charge in [0.25, 0.3) is 0 Å². The second-order valence-electron chi connectivity index (χ2n) is 12.8. The topological polar surface area (TPSA) is 18.5 Å². The summed E-state index contributed by atoms with van der Waals surface area (Å²) < 4.78 is 12.6. The van der Waals surface area contributed by atoms with Crippen molar-refractivity contribution in [1.29, 1.82) is 0 Å². The highest BCUT2D eigenvalue weighted by Gasteiger charge is 2.40. The summed E-state index contributed by atoms with van der Waals surface area (Å²) in [5.41, 5.74) is 0. The number of rotatable bonds is 31. The van der Waals surface area contributed by atoms with E-state index in [1.165, 1.54) is 167 Å². The van der Waals surface area contributed by atoms with Crippen molar-refractivity contribution in [3.8, 4) is 0 Å². The fourth-order valence-electron chi connectivity index (χ4n) is 6.01. The van der Waals surface area contributed by atoms with Gasteiger partial charge in [0.2, 0.25) is 0 Å². The Balaban J connectivity index is 2.02. The zero-order chi connectivity index (χ0) is 29.5. The van der Waals surface area contributed by atoms with Crippen molar-refractivity contribution in [3.05, 3.63) is 24.3 Å². The molecule has 2 nitrogen and oxygen atoms in total. The van der Waals surface area contributed by atoms with Gasteiger partial charge in [0.15, 0.2) is 5.79 Å². The van der Waals surface area contributed by atoms with Crippen LogP contribution in [0.4, 0.5) is 0 Å². The lowest BCUT2D eigenvalue weighted by atomic mass is 9.98. The molecular formula is C38H71ClO2. The molecule has 0 aromatic heterocycles. The first kappa shape index (κ1) is 38.7. The fraction of sp³-hybridized carbons (Fsp3) is 0.895. The first-order chi connectivity index (χ1) is 20.3. The number of allylic oxidation sites excluding steroid dienone is 4. The molecular weight excluding hydrogens is 524 g/mol. The summed E-state index contributed by atoms with van der Waals surface area (Å²) in [5, 5.41) is 0. The zero-order valence-electron chi connectivity index (χ0n) is 27.8. The molecule has 1 fully saturated rings. The zero-order valence-corrected chi connectivity index (χ0v) is 28.6. The van der Waals surface area contributed by atoms with Gasteiger partial charge in [-0.05, 0) is 64.2 Å². The average Bonchev–Trinajstić information content (AvgIpc) is 3.40. The SMILES string of the molecule is CCCCCCC/C=C\CCCCCCCCC1(CCCCCCCC/C=C\CCCCCCC)OC[C@@H](CCl)O1. The Labute approximate surface area is 262 Å². The monoisotopic (exact) mass is 595 g/mol. The minimum Gasteiger partial charge on any atom is -0.347 e. The van der Waals surface area contributed by atoms with Crippen molar-refractivity contribution in [3.63, 3.8) is 0 Å². The van der Waals surface area contributed by atoms with Crippen molar-refractivity contribution in [2.75, 3.05) is 12.5 Å². The fourth-order valence-corrected chi connectivity index (χ4v) is 6.16. The van der Waals surface area contributed by atoms with Crippen LogP contribution in [0.25, 0.3) is 0 Å². The lowest BCUT2D eigenvalue weighted by Crippen LogP contribution is -2.31. The summed E-state index contributed by atoms with van der Waals surface area (Å²) >= 11 is 6.12. The summed E-state index contributed by atoms with van der Waals surface area (Å²) in [6, 6.07) is 0. The molecule has 1 aliphatic heterocycles. The van der Waals surface area contributed by atoms with E-state index in [9.17, 15) is 0 Å². The van der Waals surface area contributed by atoms with Crippen LogP contribution in [0.1, 0.15) is 194 Å². The van der Waals surface area contributed by atoms with Gasteiger partial charge in [0.05, 0.1) is 18.6 Å². The maximum absolute atomic E-state index is 6.37. The average molecular weight is 595 g/mol. The van der Waals surface area contributed by atoms with Crippen LogP contribution in [-0.2, 0) is 9.47 Å². The Morgan fingerprint density at radius 2 is 0.854 bits per heavy atom. The van der Waals surface area contributed by atoms with Gasteiger partial charge in [0, 0.05) is 12.8 Å². The summed E-state index contributed by atoms with van der Waals surface area (Å²) in [7, 11) is 0. The van der Waals surface area contributed by atoms with E-state index in [1.54, 1.807) is 0 Å². The second kappa shape index (κ2) is 29.7. The van der Waals surface area contributed by atoms with E-state index < -0.39 is 0 Å². The highest BCUT2D eigenvalue weighted by atomic mass is 35.5. The number of hydrogen-bond donors (Lipinski definition) is 0. The maximum Gasteiger partial charge on any atom is 0.168 e.